The van der Waals surface area contributed by atoms with Gasteiger partial charge in [0.2, 0.25) is 0 Å². The zero-order valence-electron chi connectivity index (χ0n) is 8.27. The van der Waals surface area contributed by atoms with E-state index in [1.807, 2.05) is 0 Å². The maximum absolute atomic E-state index is 12.1. The summed E-state index contributed by atoms with van der Waals surface area (Å²) in [5.41, 5.74) is -0.0728. The van der Waals surface area contributed by atoms with Gasteiger partial charge in [-0.05, 0) is 37.5 Å². The number of fused-ring (bicyclic) bond motifs is 6. The zero-order chi connectivity index (χ0) is 9.50. The summed E-state index contributed by atoms with van der Waals surface area (Å²) in [6, 6.07) is 0. The number of hydrogen-bond donors (Lipinski definition) is 0. The van der Waals surface area contributed by atoms with Crippen molar-refractivity contribution < 1.29 is 9.53 Å². The standard InChI is InChI=1S/C12H14O2/c1-12-5-8-6-2-3-7(4-6)9(8)10(13)11(12)14-12/h2-3,6-9,11H,4-5H2,1H3/t6-,7+,8-,9+,11-,12+/m0/s1. The van der Waals surface area contributed by atoms with Gasteiger partial charge in [0.25, 0.3) is 0 Å². The number of rotatable bonds is 0. The van der Waals surface area contributed by atoms with Crippen LogP contribution in [0.5, 0.6) is 0 Å². The molecule has 0 aromatic carbocycles. The molecular weight excluding hydrogens is 176 g/mol. The van der Waals surface area contributed by atoms with Gasteiger partial charge in [-0.15, -0.1) is 0 Å². The van der Waals surface area contributed by atoms with Crippen LogP contribution in [-0.4, -0.2) is 17.5 Å². The number of Topliss-reactive ketones (excluding diaryl/α,β-unsaturated/α-hetero) is 1. The molecule has 1 aliphatic heterocycles. The molecule has 6 atom stereocenters. The van der Waals surface area contributed by atoms with E-state index in [4.69, 9.17) is 4.74 Å². The number of carbonyl (C=O) groups excluding carboxylic acids is 1. The first-order valence-corrected chi connectivity index (χ1v) is 5.59. The summed E-state index contributed by atoms with van der Waals surface area (Å²) in [5.74, 6) is 2.54. The Balaban J connectivity index is 1.78. The lowest BCUT2D eigenvalue weighted by molar-refractivity contribution is -0.127. The van der Waals surface area contributed by atoms with Crippen molar-refractivity contribution in [2.75, 3.05) is 0 Å². The Morgan fingerprint density at radius 2 is 2.21 bits per heavy atom. The summed E-state index contributed by atoms with van der Waals surface area (Å²) in [6.07, 6.45) is 6.88. The molecule has 4 aliphatic rings. The third kappa shape index (κ3) is 0.681. The fraction of sp³-hybridized carbons (Fsp3) is 0.750. The van der Waals surface area contributed by atoms with E-state index in [1.54, 1.807) is 0 Å². The zero-order valence-corrected chi connectivity index (χ0v) is 8.27. The van der Waals surface area contributed by atoms with Gasteiger partial charge in [0.15, 0.2) is 5.78 Å². The Morgan fingerprint density at radius 1 is 1.43 bits per heavy atom. The number of carbonyl (C=O) groups is 1. The highest BCUT2D eigenvalue weighted by Gasteiger charge is 2.67. The second-order valence-electron chi connectivity index (χ2n) is 5.55. The number of allylic oxidation sites excluding steroid dienone is 2. The molecule has 1 heterocycles. The van der Waals surface area contributed by atoms with Gasteiger partial charge in [0.05, 0.1) is 0 Å². The lowest BCUT2D eigenvalue weighted by atomic mass is 9.69. The van der Waals surface area contributed by atoms with Crippen LogP contribution >= 0.6 is 0 Å². The van der Waals surface area contributed by atoms with Crippen LogP contribution in [-0.2, 0) is 9.53 Å². The van der Waals surface area contributed by atoms with Gasteiger partial charge in [-0.25, -0.2) is 0 Å². The van der Waals surface area contributed by atoms with Gasteiger partial charge in [-0.2, -0.15) is 0 Å². The van der Waals surface area contributed by atoms with Crippen molar-refractivity contribution in [2.24, 2.45) is 23.7 Å². The lowest BCUT2D eigenvalue weighted by Gasteiger charge is -2.31. The molecule has 0 unspecified atom stereocenters. The van der Waals surface area contributed by atoms with Gasteiger partial charge < -0.3 is 4.74 Å². The lowest BCUT2D eigenvalue weighted by Crippen LogP contribution is -2.40. The Labute approximate surface area is 83.3 Å². The molecule has 2 bridgehead atoms. The monoisotopic (exact) mass is 190 g/mol. The van der Waals surface area contributed by atoms with Crippen molar-refractivity contribution in [3.63, 3.8) is 0 Å². The van der Waals surface area contributed by atoms with Crippen LogP contribution in [0.2, 0.25) is 0 Å². The molecule has 14 heavy (non-hydrogen) atoms. The summed E-state index contributed by atoms with van der Waals surface area (Å²) in [6.45, 7) is 2.10. The van der Waals surface area contributed by atoms with E-state index in [0.717, 1.165) is 6.42 Å². The molecule has 2 heteroatoms. The first-order chi connectivity index (χ1) is 6.69. The summed E-state index contributed by atoms with van der Waals surface area (Å²) in [5, 5.41) is 0. The van der Waals surface area contributed by atoms with Crippen LogP contribution in [0, 0.1) is 23.7 Å². The molecule has 74 valence electrons. The van der Waals surface area contributed by atoms with Crippen molar-refractivity contribution >= 4 is 5.78 Å². The highest BCUT2D eigenvalue weighted by molar-refractivity contribution is 5.91. The minimum atomic E-state index is -0.0728. The Hall–Kier alpha value is -0.630. The van der Waals surface area contributed by atoms with Crippen molar-refractivity contribution in [2.45, 2.75) is 31.5 Å². The van der Waals surface area contributed by atoms with E-state index in [1.165, 1.54) is 6.42 Å². The maximum Gasteiger partial charge on any atom is 0.168 e. The number of epoxide rings is 1. The average Bonchev–Trinajstić information content (AvgIpc) is 2.58. The molecule has 2 nitrogen and oxygen atoms in total. The topological polar surface area (TPSA) is 29.6 Å². The van der Waals surface area contributed by atoms with Gasteiger partial charge in [0.1, 0.15) is 11.7 Å². The van der Waals surface area contributed by atoms with Gasteiger partial charge in [-0.1, -0.05) is 12.2 Å². The predicted octanol–water partition coefficient (Wildman–Crippen LogP) is 1.56. The van der Waals surface area contributed by atoms with Crippen LogP contribution in [0.15, 0.2) is 12.2 Å². The van der Waals surface area contributed by atoms with Crippen molar-refractivity contribution in [1.29, 1.82) is 0 Å². The normalized spacial score (nSPS) is 62.6. The van der Waals surface area contributed by atoms with E-state index in [0.29, 0.717) is 29.5 Å². The van der Waals surface area contributed by atoms with Crippen LogP contribution in [0.3, 0.4) is 0 Å². The molecule has 0 aromatic rings. The summed E-state index contributed by atoms with van der Waals surface area (Å²) >= 11 is 0. The molecule has 0 spiro atoms. The molecule has 2 saturated carbocycles. The van der Waals surface area contributed by atoms with E-state index >= 15 is 0 Å². The molecule has 0 amide bonds. The quantitative estimate of drug-likeness (QED) is 0.428. The Morgan fingerprint density at radius 3 is 3.07 bits per heavy atom. The van der Waals surface area contributed by atoms with Gasteiger partial charge >= 0.3 is 0 Å². The van der Waals surface area contributed by atoms with Crippen LogP contribution in [0.4, 0.5) is 0 Å². The van der Waals surface area contributed by atoms with E-state index in [9.17, 15) is 4.79 Å². The first kappa shape index (κ1) is 7.63. The van der Waals surface area contributed by atoms with Crippen LogP contribution in [0.25, 0.3) is 0 Å². The van der Waals surface area contributed by atoms with E-state index < -0.39 is 0 Å². The van der Waals surface area contributed by atoms with Gasteiger partial charge in [-0.3, -0.25) is 4.79 Å². The number of hydrogen-bond acceptors (Lipinski definition) is 2. The smallest absolute Gasteiger partial charge is 0.168 e. The average molecular weight is 190 g/mol. The summed E-state index contributed by atoms with van der Waals surface area (Å²) < 4.78 is 5.56. The molecule has 0 aromatic heterocycles. The molecule has 3 aliphatic carbocycles. The molecule has 1 saturated heterocycles. The summed E-state index contributed by atoms with van der Waals surface area (Å²) in [7, 11) is 0. The molecular formula is C12H14O2. The summed E-state index contributed by atoms with van der Waals surface area (Å²) in [4.78, 5) is 12.1. The molecule has 0 radical (unpaired) electrons. The van der Waals surface area contributed by atoms with Crippen molar-refractivity contribution in [1.82, 2.24) is 0 Å². The third-order valence-electron chi connectivity index (χ3n) is 4.73. The minimum absolute atomic E-state index is 0.0449. The number of ketones is 1. The molecule has 0 N–H and O–H groups in total. The van der Waals surface area contributed by atoms with E-state index in [2.05, 4.69) is 19.1 Å². The fourth-order valence-electron chi connectivity index (χ4n) is 4.02. The molecule has 3 fully saturated rings. The minimum Gasteiger partial charge on any atom is -0.358 e. The Kier molecular flexibility index (Phi) is 1.08. The SMILES string of the molecule is C[C@@]12C[C@@H]3[C@H](C(=O)[C@@H]1O2)[C@@H]1C=C[C@H]3C1. The second-order valence-corrected chi connectivity index (χ2v) is 5.55. The van der Waals surface area contributed by atoms with Gasteiger partial charge in [0, 0.05) is 5.92 Å². The highest BCUT2D eigenvalue weighted by Crippen LogP contribution is 2.60. The van der Waals surface area contributed by atoms with Crippen LogP contribution < -0.4 is 0 Å². The largest absolute Gasteiger partial charge is 0.358 e. The predicted molar refractivity (Wildman–Crippen MR) is 50.6 cm³/mol. The second kappa shape index (κ2) is 1.99. The first-order valence-electron chi connectivity index (χ1n) is 5.59. The fourth-order valence-corrected chi connectivity index (χ4v) is 4.02. The molecule has 4 rings (SSSR count). The highest BCUT2D eigenvalue weighted by atomic mass is 16.6. The maximum atomic E-state index is 12.1. The van der Waals surface area contributed by atoms with Crippen molar-refractivity contribution in [3.8, 4) is 0 Å². The number of ether oxygens (including phenoxy) is 1. The van der Waals surface area contributed by atoms with Crippen LogP contribution in [0.1, 0.15) is 19.8 Å². The van der Waals surface area contributed by atoms with E-state index in [-0.39, 0.29) is 11.7 Å². The van der Waals surface area contributed by atoms with Crippen molar-refractivity contribution in [3.05, 3.63) is 12.2 Å². The third-order valence-corrected chi connectivity index (χ3v) is 4.73. The Bertz CT molecular complexity index is 359.